The zero-order valence-electron chi connectivity index (χ0n) is 14.0. The molecule has 0 unspecified atom stereocenters. The minimum Gasteiger partial charge on any atom is -0.298 e. The summed E-state index contributed by atoms with van der Waals surface area (Å²) in [5.41, 5.74) is -0.326. The number of halogens is 6. The van der Waals surface area contributed by atoms with Crippen LogP contribution >= 0.6 is 0 Å². The highest BCUT2D eigenvalue weighted by Crippen LogP contribution is 2.33. The fraction of sp³-hybridized carbons (Fsp3) is 0.100. The molecule has 0 radical (unpaired) electrons. The zero-order valence-corrected chi connectivity index (χ0v) is 14.0. The van der Waals surface area contributed by atoms with Crippen molar-refractivity contribution >= 4 is 6.29 Å². The number of rotatable bonds is 3. The van der Waals surface area contributed by atoms with Gasteiger partial charge < -0.3 is 0 Å². The smallest absolute Gasteiger partial charge is 0.298 e. The van der Waals surface area contributed by atoms with E-state index in [4.69, 9.17) is 0 Å². The minimum atomic E-state index is -4.48. The molecule has 0 N–H and O–H groups in total. The molecule has 0 fully saturated rings. The van der Waals surface area contributed by atoms with Crippen LogP contribution in [0, 0.1) is 0 Å². The summed E-state index contributed by atoms with van der Waals surface area (Å²) in [6.45, 7) is 0. The van der Waals surface area contributed by atoms with Crippen molar-refractivity contribution < 1.29 is 31.1 Å². The molecule has 2 aromatic carbocycles. The van der Waals surface area contributed by atoms with Gasteiger partial charge in [0.05, 0.1) is 22.5 Å². The van der Waals surface area contributed by atoms with Gasteiger partial charge >= 0.3 is 12.4 Å². The average Bonchev–Trinajstić information content (AvgIpc) is 2.66. The van der Waals surface area contributed by atoms with E-state index in [9.17, 15) is 31.1 Å². The lowest BCUT2D eigenvalue weighted by atomic mass is 10.0. The van der Waals surface area contributed by atoms with Crippen molar-refractivity contribution in [3.05, 3.63) is 77.4 Å². The second-order valence-corrected chi connectivity index (χ2v) is 5.94. The Morgan fingerprint density at radius 3 is 1.29 bits per heavy atom. The fourth-order valence-corrected chi connectivity index (χ4v) is 2.58. The normalized spacial score (nSPS) is 12.1. The number of alkyl halides is 6. The SMILES string of the molecule is O=Cc1cc(-c2ccc(C(F)(F)F)cc2)nc(-c2ccc(C(F)(F)F)cc2)c1. The predicted molar refractivity (Wildman–Crippen MR) is 90.5 cm³/mol. The Balaban J connectivity index is 2.02. The molecule has 2 nitrogen and oxygen atoms in total. The maximum Gasteiger partial charge on any atom is 0.416 e. The number of hydrogen-bond acceptors (Lipinski definition) is 2. The van der Waals surface area contributed by atoms with Crippen LogP contribution in [0.2, 0.25) is 0 Å². The van der Waals surface area contributed by atoms with Gasteiger partial charge in [-0.2, -0.15) is 26.3 Å². The molecule has 28 heavy (non-hydrogen) atoms. The van der Waals surface area contributed by atoms with E-state index in [0.717, 1.165) is 24.3 Å². The zero-order chi connectivity index (χ0) is 20.5. The van der Waals surface area contributed by atoms with Gasteiger partial charge in [-0.25, -0.2) is 4.98 Å². The molecule has 1 aromatic heterocycles. The van der Waals surface area contributed by atoms with E-state index in [1.807, 2.05) is 0 Å². The first-order valence-corrected chi connectivity index (χ1v) is 7.90. The summed E-state index contributed by atoms with van der Waals surface area (Å²) in [7, 11) is 0. The Morgan fingerprint density at radius 2 is 1.00 bits per heavy atom. The molecule has 0 amide bonds. The fourth-order valence-electron chi connectivity index (χ4n) is 2.58. The highest BCUT2D eigenvalue weighted by atomic mass is 19.4. The first kappa shape index (κ1) is 19.6. The molecule has 3 rings (SSSR count). The Morgan fingerprint density at radius 1 is 0.643 bits per heavy atom. The van der Waals surface area contributed by atoms with Gasteiger partial charge in [0.2, 0.25) is 0 Å². The molecule has 0 aliphatic rings. The topological polar surface area (TPSA) is 30.0 Å². The first-order valence-electron chi connectivity index (χ1n) is 7.90. The lowest BCUT2D eigenvalue weighted by molar-refractivity contribution is -0.138. The van der Waals surface area contributed by atoms with E-state index < -0.39 is 23.5 Å². The number of carbonyl (C=O) groups excluding carboxylic acids is 1. The molecule has 8 heteroatoms. The van der Waals surface area contributed by atoms with E-state index in [0.29, 0.717) is 17.4 Å². The summed E-state index contributed by atoms with van der Waals surface area (Å²) in [5, 5.41) is 0. The minimum absolute atomic E-state index is 0.194. The van der Waals surface area contributed by atoms with Crippen LogP contribution in [0.1, 0.15) is 21.5 Å². The van der Waals surface area contributed by atoms with E-state index in [1.165, 1.54) is 36.4 Å². The van der Waals surface area contributed by atoms with Crippen LogP contribution in [0.25, 0.3) is 22.5 Å². The number of carbonyl (C=O) groups is 1. The third-order valence-corrected chi connectivity index (χ3v) is 4.00. The summed E-state index contributed by atoms with van der Waals surface area (Å²) in [5.74, 6) is 0. The summed E-state index contributed by atoms with van der Waals surface area (Å²) in [4.78, 5) is 15.5. The second kappa shape index (κ2) is 7.10. The van der Waals surface area contributed by atoms with Gasteiger partial charge in [0, 0.05) is 16.7 Å². The second-order valence-electron chi connectivity index (χ2n) is 5.94. The highest BCUT2D eigenvalue weighted by molar-refractivity contribution is 5.81. The number of hydrogen-bond donors (Lipinski definition) is 0. The quantitative estimate of drug-likeness (QED) is 0.387. The number of aldehydes is 1. The Labute approximate surface area is 155 Å². The molecule has 144 valence electrons. The molecule has 0 bridgehead atoms. The lowest BCUT2D eigenvalue weighted by Gasteiger charge is -2.10. The number of aromatic nitrogens is 1. The maximum absolute atomic E-state index is 12.7. The third-order valence-electron chi connectivity index (χ3n) is 4.00. The van der Waals surface area contributed by atoms with Gasteiger partial charge in [-0.05, 0) is 36.4 Å². The van der Waals surface area contributed by atoms with E-state index in [-0.39, 0.29) is 17.0 Å². The maximum atomic E-state index is 12.7. The van der Waals surface area contributed by atoms with Crippen LogP contribution < -0.4 is 0 Å². The first-order chi connectivity index (χ1) is 13.1. The summed E-state index contributed by atoms with van der Waals surface area (Å²) in [6.07, 6.45) is -8.44. The van der Waals surface area contributed by atoms with Gasteiger partial charge in [0.15, 0.2) is 0 Å². The monoisotopic (exact) mass is 395 g/mol. The number of benzene rings is 2. The molecule has 0 saturated carbocycles. The molecule has 0 aliphatic heterocycles. The van der Waals surface area contributed by atoms with Gasteiger partial charge in [0.1, 0.15) is 6.29 Å². The Kier molecular flexibility index (Phi) is 4.97. The van der Waals surface area contributed by atoms with Crippen molar-refractivity contribution in [1.82, 2.24) is 4.98 Å². The van der Waals surface area contributed by atoms with Gasteiger partial charge in [-0.15, -0.1) is 0 Å². The predicted octanol–water partition coefficient (Wildman–Crippen LogP) is 6.27. The van der Waals surface area contributed by atoms with Crippen LogP contribution in [0.3, 0.4) is 0 Å². The van der Waals surface area contributed by atoms with Crippen LogP contribution in [0.15, 0.2) is 60.7 Å². The Bertz CT molecular complexity index is 913. The van der Waals surface area contributed by atoms with Gasteiger partial charge in [0.25, 0.3) is 0 Å². The van der Waals surface area contributed by atoms with Crippen LogP contribution in [0.5, 0.6) is 0 Å². The number of nitrogens with zero attached hydrogens (tertiary/aromatic N) is 1. The van der Waals surface area contributed by atoms with Crippen molar-refractivity contribution in [3.8, 4) is 22.5 Å². The molecule has 0 atom stereocenters. The molecule has 0 spiro atoms. The molecular formula is C20H11F6NO. The summed E-state index contributed by atoms with van der Waals surface area (Å²) < 4.78 is 76.2. The van der Waals surface area contributed by atoms with E-state index in [1.54, 1.807) is 0 Å². The largest absolute Gasteiger partial charge is 0.416 e. The van der Waals surface area contributed by atoms with Gasteiger partial charge in [-0.1, -0.05) is 24.3 Å². The van der Waals surface area contributed by atoms with Crippen molar-refractivity contribution in [1.29, 1.82) is 0 Å². The molecule has 1 heterocycles. The summed E-state index contributed by atoms with van der Waals surface area (Å²) in [6, 6.07) is 11.2. The molecule has 0 saturated heterocycles. The van der Waals surface area contributed by atoms with Crippen molar-refractivity contribution in [2.45, 2.75) is 12.4 Å². The standard InChI is InChI=1S/C20H11F6NO/c21-19(22,23)15-5-1-13(2-6-15)17-9-12(11-28)10-18(27-17)14-3-7-16(8-4-14)20(24,25)26/h1-11H. The van der Waals surface area contributed by atoms with Gasteiger partial charge in [-0.3, -0.25) is 4.79 Å². The average molecular weight is 395 g/mol. The summed E-state index contributed by atoms with van der Waals surface area (Å²) >= 11 is 0. The van der Waals surface area contributed by atoms with E-state index >= 15 is 0 Å². The third kappa shape index (κ3) is 4.21. The van der Waals surface area contributed by atoms with Crippen LogP contribution in [-0.2, 0) is 12.4 Å². The van der Waals surface area contributed by atoms with Crippen LogP contribution in [-0.4, -0.2) is 11.3 Å². The lowest BCUT2D eigenvalue weighted by Crippen LogP contribution is -2.04. The molecule has 0 aliphatic carbocycles. The molecule has 3 aromatic rings. The van der Waals surface area contributed by atoms with Crippen molar-refractivity contribution in [2.75, 3.05) is 0 Å². The number of pyridine rings is 1. The van der Waals surface area contributed by atoms with Crippen molar-refractivity contribution in [3.63, 3.8) is 0 Å². The van der Waals surface area contributed by atoms with E-state index in [2.05, 4.69) is 4.98 Å². The Hall–Kier alpha value is -3.16. The molecular weight excluding hydrogens is 384 g/mol. The highest BCUT2D eigenvalue weighted by Gasteiger charge is 2.30. The van der Waals surface area contributed by atoms with Crippen molar-refractivity contribution in [2.24, 2.45) is 0 Å². The van der Waals surface area contributed by atoms with Crippen LogP contribution in [0.4, 0.5) is 26.3 Å².